The van der Waals surface area contributed by atoms with Crippen molar-refractivity contribution in [1.82, 2.24) is 4.90 Å². The van der Waals surface area contributed by atoms with Gasteiger partial charge in [0.05, 0.1) is 6.54 Å². The Morgan fingerprint density at radius 3 is 2.22 bits per heavy atom. The quantitative estimate of drug-likeness (QED) is 0.732. The average Bonchev–Trinajstić information content (AvgIpc) is 2.40. The first-order valence-electron chi connectivity index (χ1n) is 5.70. The van der Waals surface area contributed by atoms with E-state index in [1.807, 2.05) is 0 Å². The third-order valence-electron chi connectivity index (χ3n) is 3.01. The van der Waals surface area contributed by atoms with Gasteiger partial charge in [0.1, 0.15) is 11.1 Å². The lowest BCUT2D eigenvalue weighted by atomic mass is 9.89. The van der Waals surface area contributed by atoms with Gasteiger partial charge in [0.15, 0.2) is 0 Å². The van der Waals surface area contributed by atoms with Crippen molar-refractivity contribution >= 4 is 6.09 Å². The van der Waals surface area contributed by atoms with E-state index in [4.69, 9.17) is 10.5 Å². The molecule has 0 aromatic carbocycles. The largest absolute Gasteiger partial charge is 0.444 e. The van der Waals surface area contributed by atoms with Crippen LogP contribution in [0.3, 0.4) is 0 Å². The fraction of sp³-hybridized carbons (Fsp3) is 0.909. The molecule has 4 nitrogen and oxygen atoms in total. The Labute approximate surface area is 104 Å². The molecular formula is C11H19F3N2O2. The van der Waals surface area contributed by atoms with Gasteiger partial charge in [-0.25, -0.2) is 4.79 Å². The van der Waals surface area contributed by atoms with E-state index in [-0.39, 0.29) is 6.54 Å². The summed E-state index contributed by atoms with van der Waals surface area (Å²) in [6.45, 7) is 5.74. The minimum atomic E-state index is -4.54. The van der Waals surface area contributed by atoms with Crippen molar-refractivity contribution in [1.29, 1.82) is 0 Å². The highest BCUT2D eigenvalue weighted by Gasteiger charge is 2.60. The number of alkyl halides is 3. The van der Waals surface area contributed by atoms with Crippen LogP contribution in [-0.2, 0) is 4.74 Å². The maximum absolute atomic E-state index is 12.9. The fourth-order valence-corrected chi connectivity index (χ4v) is 1.86. The van der Waals surface area contributed by atoms with Crippen molar-refractivity contribution in [3.8, 4) is 0 Å². The van der Waals surface area contributed by atoms with Crippen molar-refractivity contribution < 1.29 is 22.7 Å². The first-order valence-corrected chi connectivity index (χ1v) is 5.70. The third kappa shape index (κ3) is 2.88. The highest BCUT2D eigenvalue weighted by molar-refractivity contribution is 5.69. The zero-order chi connectivity index (χ0) is 14.4. The van der Waals surface area contributed by atoms with Crippen molar-refractivity contribution in [3.63, 3.8) is 0 Å². The molecule has 0 bridgehead atoms. The second kappa shape index (κ2) is 4.29. The van der Waals surface area contributed by atoms with Crippen LogP contribution in [0, 0.1) is 5.92 Å². The number of nitrogens with two attached hydrogens (primary N) is 1. The molecule has 7 heteroatoms. The summed E-state index contributed by atoms with van der Waals surface area (Å²) in [5.74, 6) is -0.856. The molecule has 1 aliphatic rings. The van der Waals surface area contributed by atoms with Gasteiger partial charge in [0.25, 0.3) is 0 Å². The standard InChI is InChI=1S/C11H19F3N2O2/c1-7-5-16(8(17)18-9(2,3)4)6-10(7,15)11(12,13)14/h7H,5-6,15H2,1-4H3. The summed E-state index contributed by atoms with van der Waals surface area (Å²) in [5, 5.41) is 0. The monoisotopic (exact) mass is 268 g/mol. The lowest BCUT2D eigenvalue weighted by Gasteiger charge is -2.30. The summed E-state index contributed by atoms with van der Waals surface area (Å²) < 4.78 is 43.6. The predicted octanol–water partition coefficient (Wildman–Crippen LogP) is 2.13. The molecule has 0 spiro atoms. The first kappa shape index (κ1) is 15.1. The van der Waals surface area contributed by atoms with Crippen LogP contribution in [0.5, 0.6) is 0 Å². The molecule has 18 heavy (non-hydrogen) atoms. The van der Waals surface area contributed by atoms with Crippen LogP contribution < -0.4 is 5.73 Å². The highest BCUT2D eigenvalue weighted by atomic mass is 19.4. The second-order valence-electron chi connectivity index (χ2n) is 5.80. The smallest absolute Gasteiger partial charge is 0.410 e. The van der Waals surface area contributed by atoms with E-state index < -0.39 is 35.9 Å². The van der Waals surface area contributed by atoms with Gasteiger partial charge < -0.3 is 15.4 Å². The Hall–Kier alpha value is -0.980. The Bertz CT molecular complexity index is 338. The van der Waals surface area contributed by atoms with Gasteiger partial charge in [0, 0.05) is 12.5 Å². The number of halogens is 3. The van der Waals surface area contributed by atoms with Gasteiger partial charge in [-0.1, -0.05) is 6.92 Å². The van der Waals surface area contributed by atoms with Crippen LogP contribution in [0.1, 0.15) is 27.7 Å². The Morgan fingerprint density at radius 1 is 1.39 bits per heavy atom. The molecule has 1 rings (SSSR count). The van der Waals surface area contributed by atoms with Crippen molar-refractivity contribution in [3.05, 3.63) is 0 Å². The maximum atomic E-state index is 12.9. The summed E-state index contributed by atoms with van der Waals surface area (Å²) in [6, 6.07) is 0. The Kier molecular flexibility index (Phi) is 3.60. The molecule has 0 saturated carbocycles. The van der Waals surface area contributed by atoms with E-state index in [1.165, 1.54) is 6.92 Å². The topological polar surface area (TPSA) is 55.6 Å². The number of hydrogen-bond donors (Lipinski definition) is 1. The van der Waals surface area contributed by atoms with E-state index in [2.05, 4.69) is 0 Å². The molecular weight excluding hydrogens is 249 g/mol. The number of carbonyl (C=O) groups is 1. The van der Waals surface area contributed by atoms with Crippen LogP contribution in [0.15, 0.2) is 0 Å². The van der Waals surface area contributed by atoms with Crippen LogP contribution >= 0.6 is 0 Å². The van der Waals surface area contributed by atoms with E-state index in [0.717, 1.165) is 4.90 Å². The number of nitrogens with zero attached hydrogens (tertiary/aromatic N) is 1. The number of amides is 1. The lowest BCUT2D eigenvalue weighted by molar-refractivity contribution is -0.190. The van der Waals surface area contributed by atoms with Gasteiger partial charge in [-0.05, 0) is 20.8 Å². The number of hydrogen-bond acceptors (Lipinski definition) is 3. The van der Waals surface area contributed by atoms with Gasteiger partial charge in [-0.3, -0.25) is 0 Å². The molecule has 1 heterocycles. The summed E-state index contributed by atoms with van der Waals surface area (Å²) in [6.07, 6.45) is -5.30. The fourth-order valence-electron chi connectivity index (χ4n) is 1.86. The number of carbonyl (C=O) groups excluding carboxylic acids is 1. The molecule has 1 amide bonds. The summed E-state index contributed by atoms with van der Waals surface area (Å²) in [4.78, 5) is 12.7. The average molecular weight is 268 g/mol. The summed E-state index contributed by atoms with van der Waals surface area (Å²) in [7, 11) is 0. The molecule has 1 fully saturated rings. The van der Waals surface area contributed by atoms with Crippen LogP contribution in [0.4, 0.5) is 18.0 Å². The van der Waals surface area contributed by atoms with Crippen LogP contribution in [0.2, 0.25) is 0 Å². The predicted molar refractivity (Wildman–Crippen MR) is 59.9 cm³/mol. The third-order valence-corrected chi connectivity index (χ3v) is 3.01. The molecule has 106 valence electrons. The van der Waals surface area contributed by atoms with Gasteiger partial charge >= 0.3 is 12.3 Å². The molecule has 0 aromatic rings. The zero-order valence-electron chi connectivity index (χ0n) is 11.0. The second-order valence-corrected chi connectivity index (χ2v) is 5.80. The maximum Gasteiger partial charge on any atom is 0.410 e. The summed E-state index contributed by atoms with van der Waals surface area (Å²) in [5.41, 5.74) is 2.30. The minimum Gasteiger partial charge on any atom is -0.444 e. The van der Waals surface area contributed by atoms with Gasteiger partial charge in [0.2, 0.25) is 0 Å². The van der Waals surface area contributed by atoms with Crippen molar-refractivity contribution in [2.75, 3.05) is 13.1 Å². The Morgan fingerprint density at radius 2 is 1.89 bits per heavy atom. The SMILES string of the molecule is CC1CN(C(=O)OC(C)(C)C)CC1(N)C(F)(F)F. The first-order chi connectivity index (χ1) is 7.87. The molecule has 1 aliphatic heterocycles. The van der Waals surface area contributed by atoms with Gasteiger partial charge in [-0.2, -0.15) is 13.2 Å². The van der Waals surface area contributed by atoms with E-state index in [0.29, 0.717) is 0 Å². The highest BCUT2D eigenvalue weighted by Crippen LogP contribution is 2.39. The number of likely N-dealkylation sites (tertiary alicyclic amines) is 1. The normalized spacial score (nSPS) is 29.6. The number of ether oxygens (including phenoxy) is 1. The molecule has 2 N–H and O–H groups in total. The molecule has 1 saturated heterocycles. The van der Waals surface area contributed by atoms with E-state index >= 15 is 0 Å². The van der Waals surface area contributed by atoms with E-state index in [1.54, 1.807) is 20.8 Å². The molecule has 2 unspecified atom stereocenters. The van der Waals surface area contributed by atoms with Crippen LogP contribution in [0.25, 0.3) is 0 Å². The molecule has 0 radical (unpaired) electrons. The Balaban J connectivity index is 2.79. The zero-order valence-corrected chi connectivity index (χ0v) is 11.0. The number of rotatable bonds is 0. The lowest BCUT2D eigenvalue weighted by Crippen LogP contribution is -2.59. The summed E-state index contributed by atoms with van der Waals surface area (Å²) >= 11 is 0. The van der Waals surface area contributed by atoms with Crippen molar-refractivity contribution in [2.24, 2.45) is 11.7 Å². The van der Waals surface area contributed by atoms with E-state index in [9.17, 15) is 18.0 Å². The molecule has 0 aliphatic carbocycles. The van der Waals surface area contributed by atoms with Crippen LogP contribution in [-0.4, -0.2) is 41.4 Å². The molecule has 2 atom stereocenters. The van der Waals surface area contributed by atoms with Crippen molar-refractivity contribution in [2.45, 2.75) is 45.0 Å². The molecule has 0 aromatic heterocycles. The van der Waals surface area contributed by atoms with Gasteiger partial charge in [-0.15, -0.1) is 0 Å². The minimum absolute atomic E-state index is 0.0507.